The zero-order chi connectivity index (χ0) is 13.4. The van der Waals surface area contributed by atoms with Gasteiger partial charge in [0.05, 0.1) is 6.26 Å². The van der Waals surface area contributed by atoms with Gasteiger partial charge in [-0.15, -0.1) is 0 Å². The molecule has 6 heteroatoms. The van der Waals surface area contributed by atoms with Crippen LogP contribution in [0.2, 0.25) is 0 Å². The molecule has 1 aromatic rings. The number of hydrogen-bond donors (Lipinski definition) is 3. The van der Waals surface area contributed by atoms with Crippen molar-refractivity contribution in [2.24, 2.45) is 5.73 Å². The van der Waals surface area contributed by atoms with Crippen LogP contribution in [0.15, 0.2) is 22.8 Å². The summed E-state index contributed by atoms with van der Waals surface area (Å²) < 4.78 is 4.92. The van der Waals surface area contributed by atoms with Crippen LogP contribution >= 0.6 is 0 Å². The van der Waals surface area contributed by atoms with Crippen molar-refractivity contribution < 1.29 is 14.0 Å². The first-order valence-electron chi connectivity index (χ1n) is 5.93. The normalized spacial score (nSPS) is 11.9. The Morgan fingerprint density at radius 2 is 2.17 bits per heavy atom. The van der Waals surface area contributed by atoms with Crippen molar-refractivity contribution in [1.29, 1.82) is 0 Å². The van der Waals surface area contributed by atoms with Crippen LogP contribution in [0.4, 0.5) is 0 Å². The third-order valence-electron chi connectivity index (χ3n) is 2.30. The van der Waals surface area contributed by atoms with Crippen LogP contribution in [0.5, 0.6) is 0 Å². The summed E-state index contributed by atoms with van der Waals surface area (Å²) >= 11 is 0. The second-order valence-corrected chi connectivity index (χ2v) is 4.10. The molecule has 0 aliphatic carbocycles. The van der Waals surface area contributed by atoms with E-state index in [-0.39, 0.29) is 36.6 Å². The minimum atomic E-state index is -0.316. The van der Waals surface area contributed by atoms with E-state index in [0.29, 0.717) is 6.54 Å². The molecular weight excluding hydrogens is 234 g/mol. The van der Waals surface area contributed by atoms with Gasteiger partial charge in [-0.2, -0.15) is 0 Å². The Labute approximate surface area is 106 Å². The average Bonchev–Trinajstić information content (AvgIpc) is 2.81. The van der Waals surface area contributed by atoms with E-state index < -0.39 is 0 Å². The van der Waals surface area contributed by atoms with Crippen LogP contribution in [0, 0.1) is 0 Å². The summed E-state index contributed by atoms with van der Waals surface area (Å²) in [6, 6.07) is 3.28. The monoisotopic (exact) mass is 253 g/mol. The van der Waals surface area contributed by atoms with Crippen molar-refractivity contribution in [3.8, 4) is 0 Å². The molecule has 1 rings (SSSR count). The second kappa shape index (κ2) is 7.50. The van der Waals surface area contributed by atoms with Gasteiger partial charge in [-0.05, 0) is 25.5 Å². The van der Waals surface area contributed by atoms with Gasteiger partial charge in [0, 0.05) is 25.6 Å². The summed E-state index contributed by atoms with van der Waals surface area (Å²) in [4.78, 5) is 22.8. The summed E-state index contributed by atoms with van der Waals surface area (Å²) in [5, 5.41) is 5.33. The molecule has 1 heterocycles. The predicted octanol–water partition coefficient (Wildman–Crippen LogP) is 0.253. The van der Waals surface area contributed by atoms with Crippen molar-refractivity contribution in [2.75, 3.05) is 13.1 Å². The third-order valence-corrected chi connectivity index (χ3v) is 2.30. The molecule has 0 aliphatic rings. The fraction of sp³-hybridized carbons (Fsp3) is 0.500. The molecule has 0 bridgehead atoms. The number of amides is 2. The first-order valence-corrected chi connectivity index (χ1v) is 5.93. The topological polar surface area (TPSA) is 97.4 Å². The van der Waals surface area contributed by atoms with E-state index in [1.165, 1.54) is 6.26 Å². The van der Waals surface area contributed by atoms with E-state index in [4.69, 9.17) is 10.2 Å². The van der Waals surface area contributed by atoms with E-state index in [1.54, 1.807) is 12.1 Å². The quantitative estimate of drug-likeness (QED) is 0.649. The molecule has 100 valence electrons. The summed E-state index contributed by atoms with van der Waals surface area (Å²) in [6.45, 7) is 2.72. The standard InChI is InChI=1S/C12H19N3O3/c1-9(13)4-6-14-11(16)5-7-15-12(17)10-3-2-8-18-10/h2-3,8-9H,4-7,13H2,1H3,(H,14,16)(H,15,17). The molecule has 0 fully saturated rings. The van der Waals surface area contributed by atoms with E-state index in [2.05, 4.69) is 10.6 Å². The molecule has 6 nitrogen and oxygen atoms in total. The molecule has 0 saturated heterocycles. The molecule has 0 spiro atoms. The summed E-state index contributed by atoms with van der Waals surface area (Å²) in [6.07, 6.45) is 2.41. The minimum Gasteiger partial charge on any atom is -0.459 e. The number of carbonyl (C=O) groups excluding carboxylic acids is 2. The molecular formula is C12H19N3O3. The minimum absolute atomic E-state index is 0.0731. The largest absolute Gasteiger partial charge is 0.459 e. The van der Waals surface area contributed by atoms with Crippen LogP contribution in [-0.2, 0) is 4.79 Å². The van der Waals surface area contributed by atoms with Crippen molar-refractivity contribution in [3.05, 3.63) is 24.2 Å². The van der Waals surface area contributed by atoms with Crippen LogP contribution in [0.1, 0.15) is 30.3 Å². The predicted molar refractivity (Wildman–Crippen MR) is 66.9 cm³/mol. The van der Waals surface area contributed by atoms with Crippen LogP contribution < -0.4 is 16.4 Å². The lowest BCUT2D eigenvalue weighted by Crippen LogP contribution is -2.32. The van der Waals surface area contributed by atoms with Gasteiger partial charge in [-0.25, -0.2) is 0 Å². The van der Waals surface area contributed by atoms with Gasteiger partial charge in [0.1, 0.15) is 0 Å². The molecule has 1 unspecified atom stereocenters. The summed E-state index contributed by atoms with van der Waals surface area (Å²) in [5.41, 5.74) is 5.55. The van der Waals surface area contributed by atoms with Gasteiger partial charge in [0.25, 0.3) is 5.91 Å². The Morgan fingerprint density at radius 1 is 1.39 bits per heavy atom. The number of nitrogens with one attached hydrogen (secondary N) is 2. The maximum atomic E-state index is 11.4. The smallest absolute Gasteiger partial charge is 0.286 e. The van der Waals surface area contributed by atoms with Gasteiger partial charge >= 0.3 is 0 Å². The Hall–Kier alpha value is -1.82. The molecule has 0 aliphatic heterocycles. The molecule has 0 aromatic carbocycles. The molecule has 2 amide bonds. The van der Waals surface area contributed by atoms with Crippen LogP contribution in [-0.4, -0.2) is 30.9 Å². The molecule has 4 N–H and O–H groups in total. The highest BCUT2D eigenvalue weighted by Gasteiger charge is 2.08. The third kappa shape index (κ3) is 5.49. The summed E-state index contributed by atoms with van der Waals surface area (Å²) in [5.74, 6) is -0.175. The summed E-state index contributed by atoms with van der Waals surface area (Å²) in [7, 11) is 0. The lowest BCUT2D eigenvalue weighted by molar-refractivity contribution is -0.120. The Balaban J connectivity index is 2.10. The van der Waals surface area contributed by atoms with Crippen molar-refractivity contribution in [1.82, 2.24) is 10.6 Å². The van der Waals surface area contributed by atoms with Gasteiger partial charge in [0.2, 0.25) is 5.91 Å². The number of rotatable bonds is 7. The highest BCUT2D eigenvalue weighted by Crippen LogP contribution is 1.98. The Kier molecular flexibility index (Phi) is 5.93. The molecule has 18 heavy (non-hydrogen) atoms. The van der Waals surface area contributed by atoms with Gasteiger partial charge < -0.3 is 20.8 Å². The fourth-order valence-corrected chi connectivity index (χ4v) is 1.31. The first kappa shape index (κ1) is 14.2. The SMILES string of the molecule is CC(N)CCNC(=O)CCNC(=O)c1ccco1. The molecule has 0 radical (unpaired) electrons. The Morgan fingerprint density at radius 3 is 2.78 bits per heavy atom. The molecule has 0 saturated carbocycles. The van der Waals surface area contributed by atoms with Crippen molar-refractivity contribution >= 4 is 11.8 Å². The van der Waals surface area contributed by atoms with E-state index in [9.17, 15) is 9.59 Å². The average molecular weight is 253 g/mol. The fourth-order valence-electron chi connectivity index (χ4n) is 1.31. The van der Waals surface area contributed by atoms with Gasteiger partial charge in [-0.1, -0.05) is 0 Å². The lowest BCUT2D eigenvalue weighted by Gasteiger charge is -2.07. The lowest BCUT2D eigenvalue weighted by atomic mass is 10.2. The highest BCUT2D eigenvalue weighted by atomic mass is 16.3. The van der Waals surface area contributed by atoms with Gasteiger partial charge in [-0.3, -0.25) is 9.59 Å². The highest BCUT2D eigenvalue weighted by molar-refractivity contribution is 5.91. The number of carbonyl (C=O) groups is 2. The van der Waals surface area contributed by atoms with Gasteiger partial charge in [0.15, 0.2) is 5.76 Å². The van der Waals surface area contributed by atoms with Crippen LogP contribution in [0.25, 0.3) is 0 Å². The Bertz CT molecular complexity index is 374. The number of nitrogens with two attached hydrogens (primary N) is 1. The number of furan rings is 1. The number of hydrogen-bond acceptors (Lipinski definition) is 4. The van der Waals surface area contributed by atoms with E-state index in [1.807, 2.05) is 6.92 Å². The van der Waals surface area contributed by atoms with Crippen molar-refractivity contribution in [3.63, 3.8) is 0 Å². The zero-order valence-corrected chi connectivity index (χ0v) is 10.4. The molecule has 1 atom stereocenters. The first-order chi connectivity index (χ1) is 8.59. The van der Waals surface area contributed by atoms with Crippen LogP contribution in [0.3, 0.4) is 0 Å². The maximum Gasteiger partial charge on any atom is 0.286 e. The second-order valence-electron chi connectivity index (χ2n) is 4.10. The van der Waals surface area contributed by atoms with Crippen molar-refractivity contribution in [2.45, 2.75) is 25.8 Å². The maximum absolute atomic E-state index is 11.4. The van der Waals surface area contributed by atoms with E-state index in [0.717, 1.165) is 6.42 Å². The van der Waals surface area contributed by atoms with E-state index >= 15 is 0 Å². The zero-order valence-electron chi connectivity index (χ0n) is 10.4. The molecule has 1 aromatic heterocycles.